The zero-order chi connectivity index (χ0) is 16.9. The molecule has 3 rings (SSSR count). The molecule has 24 heavy (non-hydrogen) atoms. The summed E-state index contributed by atoms with van der Waals surface area (Å²) < 4.78 is 2.01. The lowest BCUT2D eigenvalue weighted by Gasteiger charge is -2.37. The highest BCUT2D eigenvalue weighted by Gasteiger charge is 2.30. The highest BCUT2D eigenvalue weighted by molar-refractivity contribution is 5.14. The molecule has 0 aliphatic carbocycles. The molecule has 5 nitrogen and oxygen atoms in total. The molecule has 0 N–H and O–H groups in total. The maximum atomic E-state index is 4.40. The largest absolute Gasteiger partial charge is 0.293 e. The van der Waals surface area contributed by atoms with Crippen molar-refractivity contribution in [2.24, 2.45) is 11.8 Å². The van der Waals surface area contributed by atoms with E-state index in [4.69, 9.17) is 0 Å². The highest BCUT2D eigenvalue weighted by Crippen LogP contribution is 2.30. The first-order chi connectivity index (χ1) is 11.6. The van der Waals surface area contributed by atoms with Crippen LogP contribution in [0.3, 0.4) is 0 Å². The molecule has 0 bridgehead atoms. The number of tetrazole rings is 1. The van der Waals surface area contributed by atoms with Gasteiger partial charge in [0.15, 0.2) is 5.82 Å². The zero-order valence-corrected chi connectivity index (χ0v) is 15.1. The molecule has 1 atom stereocenters. The minimum atomic E-state index is 0.309. The lowest BCUT2D eigenvalue weighted by molar-refractivity contribution is 0.0991. The minimum absolute atomic E-state index is 0.309. The molecule has 1 aromatic heterocycles. The zero-order valence-electron chi connectivity index (χ0n) is 15.1. The van der Waals surface area contributed by atoms with E-state index in [1.54, 1.807) is 0 Å². The lowest BCUT2D eigenvalue weighted by Crippen LogP contribution is -2.39. The molecule has 0 amide bonds. The first kappa shape index (κ1) is 17.1. The number of likely N-dealkylation sites (tertiary alicyclic amines) is 1. The molecule has 1 aromatic carbocycles. The first-order valence-electron chi connectivity index (χ1n) is 9.19. The van der Waals surface area contributed by atoms with E-state index in [1.807, 2.05) is 4.68 Å². The number of hydrogen-bond donors (Lipinski definition) is 0. The van der Waals surface area contributed by atoms with Crippen LogP contribution in [0.15, 0.2) is 30.3 Å². The summed E-state index contributed by atoms with van der Waals surface area (Å²) in [5.41, 5.74) is 1.33. The Bertz CT molecular complexity index is 614. The number of hydrogen-bond acceptors (Lipinski definition) is 4. The topological polar surface area (TPSA) is 46.8 Å². The van der Waals surface area contributed by atoms with E-state index >= 15 is 0 Å². The maximum absolute atomic E-state index is 4.40. The van der Waals surface area contributed by atoms with E-state index < -0.39 is 0 Å². The monoisotopic (exact) mass is 327 g/mol. The molecule has 1 saturated heterocycles. The molecule has 5 heteroatoms. The summed E-state index contributed by atoms with van der Waals surface area (Å²) in [6.07, 6.45) is 3.50. The summed E-state index contributed by atoms with van der Waals surface area (Å²) in [4.78, 5) is 2.58. The van der Waals surface area contributed by atoms with Crippen LogP contribution in [0.4, 0.5) is 0 Å². The summed E-state index contributed by atoms with van der Waals surface area (Å²) in [7, 11) is 0. The summed E-state index contributed by atoms with van der Waals surface area (Å²) in [5, 5.41) is 12.7. The van der Waals surface area contributed by atoms with Crippen LogP contribution in [0.1, 0.15) is 51.0 Å². The van der Waals surface area contributed by atoms with E-state index in [-0.39, 0.29) is 0 Å². The molecule has 0 unspecified atom stereocenters. The van der Waals surface area contributed by atoms with Crippen molar-refractivity contribution < 1.29 is 0 Å². The number of nitrogens with zero attached hydrogens (tertiary/aromatic N) is 5. The van der Waals surface area contributed by atoms with E-state index in [1.165, 1.54) is 18.4 Å². The Morgan fingerprint density at radius 1 is 1.12 bits per heavy atom. The van der Waals surface area contributed by atoms with Crippen LogP contribution in [0.25, 0.3) is 0 Å². The van der Waals surface area contributed by atoms with Crippen LogP contribution in [-0.4, -0.2) is 38.2 Å². The summed E-state index contributed by atoms with van der Waals surface area (Å²) in [6, 6.07) is 10.9. The van der Waals surface area contributed by atoms with Crippen LogP contribution in [-0.2, 0) is 13.0 Å². The second kappa shape index (κ2) is 7.88. The molecular weight excluding hydrogens is 298 g/mol. The van der Waals surface area contributed by atoms with Crippen LogP contribution < -0.4 is 0 Å². The van der Waals surface area contributed by atoms with Crippen molar-refractivity contribution in [2.45, 2.75) is 52.6 Å². The van der Waals surface area contributed by atoms with Gasteiger partial charge in [-0.15, -0.1) is 5.10 Å². The van der Waals surface area contributed by atoms with Gasteiger partial charge in [-0.05, 0) is 60.2 Å². The molecule has 2 aromatic rings. The van der Waals surface area contributed by atoms with Gasteiger partial charge in [-0.25, -0.2) is 4.68 Å². The number of piperidine rings is 1. The number of benzene rings is 1. The molecule has 0 saturated carbocycles. The van der Waals surface area contributed by atoms with Gasteiger partial charge in [-0.3, -0.25) is 4.90 Å². The molecule has 130 valence electrons. The highest BCUT2D eigenvalue weighted by atomic mass is 15.5. The standard InChI is InChI=1S/C19H29N5/c1-15(2)18(23-12-9-16(3)10-13-23)19-20-21-22-24(19)14-11-17-7-5-4-6-8-17/h4-8,15-16,18H,9-14H2,1-3H3/t18-/m0/s1. The Kier molecular flexibility index (Phi) is 5.61. The van der Waals surface area contributed by atoms with Gasteiger partial charge in [0, 0.05) is 6.54 Å². The Morgan fingerprint density at radius 2 is 1.83 bits per heavy atom. The van der Waals surface area contributed by atoms with Crippen LogP contribution in [0, 0.1) is 11.8 Å². The van der Waals surface area contributed by atoms with Crippen LogP contribution in [0.5, 0.6) is 0 Å². The Labute approximate surface area is 145 Å². The van der Waals surface area contributed by atoms with Gasteiger partial charge >= 0.3 is 0 Å². The van der Waals surface area contributed by atoms with Crippen molar-refractivity contribution in [1.82, 2.24) is 25.1 Å². The molecular formula is C19H29N5. The van der Waals surface area contributed by atoms with Crippen molar-refractivity contribution in [3.05, 3.63) is 41.7 Å². The van der Waals surface area contributed by atoms with Gasteiger partial charge < -0.3 is 0 Å². The molecule has 0 radical (unpaired) electrons. The number of rotatable bonds is 6. The van der Waals surface area contributed by atoms with Crippen molar-refractivity contribution in [2.75, 3.05) is 13.1 Å². The average Bonchev–Trinajstić information content (AvgIpc) is 3.04. The Morgan fingerprint density at radius 3 is 2.50 bits per heavy atom. The molecule has 1 aliphatic rings. The second-order valence-corrected chi connectivity index (χ2v) is 7.40. The second-order valence-electron chi connectivity index (χ2n) is 7.40. The third kappa shape index (κ3) is 4.01. The van der Waals surface area contributed by atoms with Gasteiger partial charge in [-0.1, -0.05) is 51.1 Å². The fourth-order valence-corrected chi connectivity index (χ4v) is 3.65. The van der Waals surface area contributed by atoms with Gasteiger partial charge in [0.25, 0.3) is 0 Å². The normalized spacial score (nSPS) is 18.2. The molecule has 0 spiro atoms. The van der Waals surface area contributed by atoms with Crippen LogP contribution >= 0.6 is 0 Å². The average molecular weight is 327 g/mol. The molecule has 1 fully saturated rings. The van der Waals surface area contributed by atoms with Crippen molar-refractivity contribution in [3.63, 3.8) is 0 Å². The van der Waals surface area contributed by atoms with E-state index in [0.717, 1.165) is 37.8 Å². The predicted octanol–water partition coefficient (Wildman–Crippen LogP) is 3.34. The first-order valence-corrected chi connectivity index (χ1v) is 9.19. The third-order valence-electron chi connectivity index (χ3n) is 5.12. The predicted molar refractivity (Wildman–Crippen MR) is 95.5 cm³/mol. The summed E-state index contributed by atoms with van der Waals surface area (Å²) in [5.74, 6) is 2.36. The summed E-state index contributed by atoms with van der Waals surface area (Å²) >= 11 is 0. The summed E-state index contributed by atoms with van der Waals surface area (Å²) in [6.45, 7) is 10.0. The quantitative estimate of drug-likeness (QED) is 0.816. The lowest BCUT2D eigenvalue weighted by atomic mass is 9.94. The minimum Gasteiger partial charge on any atom is -0.293 e. The number of aromatic nitrogens is 4. The molecule has 2 heterocycles. The van der Waals surface area contributed by atoms with Gasteiger partial charge in [0.2, 0.25) is 0 Å². The van der Waals surface area contributed by atoms with Crippen molar-refractivity contribution in [3.8, 4) is 0 Å². The maximum Gasteiger partial charge on any atom is 0.168 e. The smallest absolute Gasteiger partial charge is 0.168 e. The number of aryl methyl sites for hydroxylation is 2. The molecule has 1 aliphatic heterocycles. The van der Waals surface area contributed by atoms with Gasteiger partial charge in [0.05, 0.1) is 6.04 Å². The fraction of sp³-hybridized carbons (Fsp3) is 0.632. The van der Waals surface area contributed by atoms with Crippen molar-refractivity contribution in [1.29, 1.82) is 0 Å². The van der Waals surface area contributed by atoms with E-state index in [9.17, 15) is 0 Å². The van der Waals surface area contributed by atoms with Crippen LogP contribution in [0.2, 0.25) is 0 Å². The Balaban J connectivity index is 1.73. The van der Waals surface area contributed by atoms with E-state index in [2.05, 4.69) is 71.5 Å². The van der Waals surface area contributed by atoms with E-state index in [0.29, 0.717) is 12.0 Å². The fourth-order valence-electron chi connectivity index (χ4n) is 3.65. The third-order valence-corrected chi connectivity index (χ3v) is 5.12. The SMILES string of the molecule is CC1CCN([C@H](c2nnnn2CCc2ccccc2)C(C)C)CC1. The van der Waals surface area contributed by atoms with Gasteiger partial charge in [-0.2, -0.15) is 0 Å². The van der Waals surface area contributed by atoms with Crippen molar-refractivity contribution >= 4 is 0 Å². The van der Waals surface area contributed by atoms with Gasteiger partial charge in [0.1, 0.15) is 0 Å². The Hall–Kier alpha value is -1.75.